The summed E-state index contributed by atoms with van der Waals surface area (Å²) in [6.07, 6.45) is 3.59. The zero-order valence-electron chi connectivity index (χ0n) is 20.3. The molecule has 0 aliphatic carbocycles. The van der Waals surface area contributed by atoms with Crippen LogP contribution in [0, 0.1) is 13.8 Å². The van der Waals surface area contributed by atoms with Crippen molar-refractivity contribution in [1.82, 2.24) is 19.5 Å². The van der Waals surface area contributed by atoms with Crippen molar-refractivity contribution in [3.8, 4) is 17.0 Å². The summed E-state index contributed by atoms with van der Waals surface area (Å²) in [6, 6.07) is 16.4. The molecule has 0 spiro atoms. The average molecular weight is 488 g/mol. The van der Waals surface area contributed by atoms with Gasteiger partial charge in [0, 0.05) is 44.1 Å². The molecular weight excluding hydrogens is 458 g/mol. The number of carbonyl (C=O) groups excluding carboxylic acids is 1. The van der Waals surface area contributed by atoms with Crippen molar-refractivity contribution in [1.29, 1.82) is 0 Å². The van der Waals surface area contributed by atoms with Gasteiger partial charge in [-0.25, -0.2) is 9.50 Å². The van der Waals surface area contributed by atoms with E-state index in [-0.39, 0.29) is 5.91 Å². The fourth-order valence-corrected chi connectivity index (χ4v) is 5.24. The van der Waals surface area contributed by atoms with Crippen molar-refractivity contribution in [3.63, 3.8) is 0 Å². The fourth-order valence-electron chi connectivity index (χ4n) is 4.36. The first kappa shape index (κ1) is 23.2. The van der Waals surface area contributed by atoms with Gasteiger partial charge in [-0.3, -0.25) is 4.79 Å². The lowest BCUT2D eigenvalue weighted by Gasteiger charge is -2.36. The molecule has 8 heteroatoms. The number of anilines is 1. The number of ether oxygens (including phenoxy) is 1. The first-order valence-corrected chi connectivity index (χ1v) is 12.7. The summed E-state index contributed by atoms with van der Waals surface area (Å²) in [4.78, 5) is 21.7. The summed E-state index contributed by atoms with van der Waals surface area (Å²) in [7, 11) is 1.69. The first-order valence-electron chi connectivity index (χ1n) is 11.7. The number of aromatic nitrogens is 3. The van der Waals surface area contributed by atoms with Gasteiger partial charge in [0.15, 0.2) is 0 Å². The number of aryl methyl sites for hydroxylation is 2. The maximum absolute atomic E-state index is 13.0. The van der Waals surface area contributed by atoms with Crippen LogP contribution in [0.3, 0.4) is 0 Å². The average Bonchev–Trinajstić information content (AvgIpc) is 3.34. The quantitative estimate of drug-likeness (QED) is 0.374. The monoisotopic (exact) mass is 487 g/mol. The molecule has 2 aromatic heterocycles. The Bertz CT molecular complexity index is 1360. The third kappa shape index (κ3) is 4.84. The van der Waals surface area contributed by atoms with Crippen LogP contribution in [0.2, 0.25) is 0 Å². The number of hydrogen-bond donors (Lipinski definition) is 0. The molecule has 1 fully saturated rings. The summed E-state index contributed by atoms with van der Waals surface area (Å²) in [5.41, 5.74) is 6.48. The van der Waals surface area contributed by atoms with Crippen LogP contribution < -0.4 is 9.64 Å². The number of thioether (sulfide) groups is 1. The Kier molecular flexibility index (Phi) is 6.63. The SMILES string of the molecule is COc1ccccc1N1CCN(C(=O)CSc2nccn3nc(-c4ccc(C)c(C)c4)cc23)CC1. The topological polar surface area (TPSA) is 63.0 Å². The maximum atomic E-state index is 13.0. The Balaban J connectivity index is 1.24. The second-order valence-corrected chi connectivity index (χ2v) is 9.68. The van der Waals surface area contributed by atoms with Crippen LogP contribution in [-0.4, -0.2) is 64.4 Å². The van der Waals surface area contributed by atoms with E-state index in [1.54, 1.807) is 13.3 Å². The van der Waals surface area contributed by atoms with Gasteiger partial charge in [-0.1, -0.05) is 36.0 Å². The lowest BCUT2D eigenvalue weighted by Crippen LogP contribution is -2.49. The number of carbonyl (C=O) groups is 1. The second kappa shape index (κ2) is 10.00. The molecular formula is C27H29N5O2S. The third-order valence-corrected chi connectivity index (χ3v) is 7.53. The molecule has 0 N–H and O–H groups in total. The number of fused-ring (bicyclic) bond motifs is 1. The lowest BCUT2D eigenvalue weighted by molar-refractivity contribution is -0.128. The van der Waals surface area contributed by atoms with Crippen LogP contribution in [0.5, 0.6) is 5.75 Å². The van der Waals surface area contributed by atoms with E-state index in [0.29, 0.717) is 18.8 Å². The highest BCUT2D eigenvalue weighted by Gasteiger charge is 2.23. The van der Waals surface area contributed by atoms with Crippen LogP contribution in [0.1, 0.15) is 11.1 Å². The summed E-state index contributed by atoms with van der Waals surface area (Å²) < 4.78 is 7.34. The van der Waals surface area contributed by atoms with Gasteiger partial charge < -0.3 is 14.5 Å². The van der Waals surface area contributed by atoms with Crippen molar-refractivity contribution < 1.29 is 9.53 Å². The molecule has 1 aliphatic heterocycles. The second-order valence-electron chi connectivity index (χ2n) is 8.72. The highest BCUT2D eigenvalue weighted by atomic mass is 32.2. The molecule has 5 rings (SSSR count). The van der Waals surface area contributed by atoms with Gasteiger partial charge in [0.1, 0.15) is 10.8 Å². The van der Waals surface area contributed by atoms with E-state index in [2.05, 4.69) is 54.1 Å². The summed E-state index contributed by atoms with van der Waals surface area (Å²) in [5.74, 6) is 1.35. The molecule has 0 unspecified atom stereocenters. The number of piperazine rings is 1. The van der Waals surface area contributed by atoms with Crippen LogP contribution in [0.25, 0.3) is 16.8 Å². The normalized spacial score (nSPS) is 13.9. The number of hydrogen-bond acceptors (Lipinski definition) is 6. The zero-order chi connectivity index (χ0) is 24.4. The maximum Gasteiger partial charge on any atom is 0.233 e. The Morgan fingerprint density at radius 2 is 1.83 bits per heavy atom. The molecule has 0 bridgehead atoms. The highest BCUT2D eigenvalue weighted by Crippen LogP contribution is 2.29. The smallest absolute Gasteiger partial charge is 0.233 e. The van der Waals surface area contributed by atoms with Gasteiger partial charge >= 0.3 is 0 Å². The van der Waals surface area contributed by atoms with Gasteiger partial charge in [-0.15, -0.1) is 0 Å². The third-order valence-electron chi connectivity index (χ3n) is 6.55. The number of para-hydroxylation sites is 2. The summed E-state index contributed by atoms with van der Waals surface area (Å²) >= 11 is 1.47. The Hall–Kier alpha value is -3.52. The summed E-state index contributed by atoms with van der Waals surface area (Å²) in [6.45, 7) is 7.17. The van der Waals surface area contributed by atoms with Crippen LogP contribution >= 0.6 is 11.8 Å². The number of nitrogens with zero attached hydrogens (tertiary/aromatic N) is 5. The van der Waals surface area contributed by atoms with Crippen LogP contribution in [-0.2, 0) is 4.79 Å². The molecule has 0 saturated carbocycles. The van der Waals surface area contributed by atoms with Gasteiger partial charge in [0.05, 0.1) is 29.8 Å². The van der Waals surface area contributed by atoms with Crippen molar-refractivity contribution >= 4 is 28.9 Å². The van der Waals surface area contributed by atoms with E-state index in [1.165, 1.54) is 22.9 Å². The molecule has 2 aromatic carbocycles. The molecule has 180 valence electrons. The Labute approximate surface area is 209 Å². The van der Waals surface area contributed by atoms with E-state index in [1.807, 2.05) is 33.8 Å². The van der Waals surface area contributed by atoms with Crippen molar-refractivity contribution in [3.05, 3.63) is 72.1 Å². The Morgan fingerprint density at radius 3 is 2.60 bits per heavy atom. The molecule has 7 nitrogen and oxygen atoms in total. The number of rotatable bonds is 6. The number of benzene rings is 2. The molecule has 0 atom stereocenters. The van der Waals surface area contributed by atoms with Gasteiger partial charge in [0.2, 0.25) is 5.91 Å². The molecule has 35 heavy (non-hydrogen) atoms. The lowest BCUT2D eigenvalue weighted by atomic mass is 10.0. The summed E-state index contributed by atoms with van der Waals surface area (Å²) in [5, 5.41) is 5.55. The molecule has 4 aromatic rings. The standard InChI is InChI=1S/C27H29N5O2S/c1-19-8-9-21(16-20(19)2)22-17-24-27(28-10-11-32(24)29-22)35-18-26(33)31-14-12-30(13-15-31)23-6-4-5-7-25(23)34-3/h4-11,16-17H,12-15,18H2,1-3H3. The molecule has 0 radical (unpaired) electrons. The van der Waals surface area contributed by atoms with E-state index in [4.69, 9.17) is 9.84 Å². The minimum absolute atomic E-state index is 0.132. The van der Waals surface area contributed by atoms with Crippen molar-refractivity contribution in [2.24, 2.45) is 0 Å². The minimum atomic E-state index is 0.132. The zero-order valence-corrected chi connectivity index (χ0v) is 21.1. The number of amides is 1. The van der Waals surface area contributed by atoms with Crippen LogP contribution in [0.15, 0.2) is 66.0 Å². The van der Waals surface area contributed by atoms with Crippen molar-refractivity contribution in [2.45, 2.75) is 18.9 Å². The van der Waals surface area contributed by atoms with Gasteiger partial charge in [-0.05, 0) is 49.2 Å². The molecule has 3 heterocycles. The first-order chi connectivity index (χ1) is 17.0. The Morgan fingerprint density at radius 1 is 1.03 bits per heavy atom. The minimum Gasteiger partial charge on any atom is -0.495 e. The van der Waals surface area contributed by atoms with E-state index in [9.17, 15) is 4.79 Å². The molecule has 1 saturated heterocycles. The van der Waals surface area contributed by atoms with E-state index >= 15 is 0 Å². The highest BCUT2D eigenvalue weighted by molar-refractivity contribution is 8.00. The van der Waals surface area contributed by atoms with Crippen molar-refractivity contribution in [2.75, 3.05) is 43.9 Å². The number of methoxy groups -OCH3 is 1. The van der Waals surface area contributed by atoms with E-state index < -0.39 is 0 Å². The molecule has 1 amide bonds. The van der Waals surface area contributed by atoms with Gasteiger partial charge in [-0.2, -0.15) is 5.10 Å². The van der Waals surface area contributed by atoms with E-state index in [0.717, 1.165) is 46.3 Å². The molecule has 1 aliphatic rings. The largest absolute Gasteiger partial charge is 0.495 e. The van der Waals surface area contributed by atoms with Crippen LogP contribution in [0.4, 0.5) is 5.69 Å². The predicted octanol–water partition coefficient (Wildman–Crippen LogP) is 4.46. The van der Waals surface area contributed by atoms with Gasteiger partial charge in [0.25, 0.3) is 0 Å². The predicted molar refractivity (Wildman–Crippen MR) is 140 cm³/mol. The fraction of sp³-hybridized carbons (Fsp3) is 0.296.